The Kier molecular flexibility index (Phi) is 7.93. The van der Waals surface area contributed by atoms with Crippen molar-refractivity contribution >= 4 is 17.7 Å². The first kappa shape index (κ1) is 24.9. The number of alkyl carbamates (subject to hydrolysis) is 1. The fraction of sp³-hybridized carbons (Fsp3) is 0.542. The van der Waals surface area contributed by atoms with Crippen LogP contribution in [0, 0.1) is 19.8 Å². The molecule has 170 valence electrons. The number of hydrogen-bond donors (Lipinski definition) is 1. The van der Waals surface area contributed by atoms with Gasteiger partial charge in [-0.2, -0.15) is 0 Å². The Hall–Kier alpha value is -2.34. The lowest BCUT2D eigenvalue weighted by Crippen LogP contribution is -2.52. The summed E-state index contributed by atoms with van der Waals surface area (Å²) in [4.78, 5) is 21.2. The van der Waals surface area contributed by atoms with Crippen LogP contribution in [0.4, 0.5) is 4.79 Å². The van der Waals surface area contributed by atoms with E-state index in [2.05, 4.69) is 29.1 Å². The van der Waals surface area contributed by atoms with Crippen LogP contribution in [-0.4, -0.2) is 33.8 Å². The summed E-state index contributed by atoms with van der Waals surface area (Å²) in [7, 11) is 0. The minimum absolute atomic E-state index is 0.235. The normalized spacial score (nSPS) is 13.6. The fourth-order valence-corrected chi connectivity index (χ4v) is 3.63. The zero-order valence-electron chi connectivity index (χ0n) is 19.8. The second kappa shape index (κ2) is 9.86. The largest absolute Gasteiger partial charge is 0.488 e. The molecule has 0 saturated heterocycles. The third kappa shape index (κ3) is 7.39. The number of amides is 1. The van der Waals surface area contributed by atoms with Gasteiger partial charge in [0.25, 0.3) is 0 Å². The first-order valence-electron chi connectivity index (χ1n) is 10.5. The number of ether oxygens (including phenoxy) is 2. The molecule has 2 aromatic heterocycles. The number of hydrogen-bond acceptors (Lipinski definition) is 5. The zero-order valence-corrected chi connectivity index (χ0v) is 20.6. The van der Waals surface area contributed by atoms with Gasteiger partial charge in [0.05, 0.1) is 22.5 Å². The van der Waals surface area contributed by atoms with E-state index in [1.165, 1.54) is 0 Å². The van der Waals surface area contributed by atoms with E-state index in [0.29, 0.717) is 23.1 Å². The molecule has 6 nitrogen and oxygen atoms in total. The van der Waals surface area contributed by atoms with Crippen LogP contribution >= 0.6 is 11.6 Å². The number of aryl methyl sites for hydroxylation is 1. The Morgan fingerprint density at radius 1 is 1.19 bits per heavy atom. The number of carbonyl (C=O) groups excluding carboxylic acids is 1. The lowest BCUT2D eigenvalue weighted by atomic mass is 9.91. The van der Waals surface area contributed by atoms with Gasteiger partial charge in [-0.05, 0) is 71.6 Å². The summed E-state index contributed by atoms with van der Waals surface area (Å²) < 4.78 is 11.4. The molecule has 0 radical (unpaired) electrons. The summed E-state index contributed by atoms with van der Waals surface area (Å²) in [6, 6.07) is 3.71. The molecule has 0 aliphatic rings. The fourth-order valence-electron chi connectivity index (χ4n) is 3.42. The molecule has 0 aliphatic heterocycles. The Balaban J connectivity index is 2.17. The van der Waals surface area contributed by atoms with Crippen molar-refractivity contribution in [2.75, 3.05) is 6.61 Å². The maximum atomic E-state index is 12.4. The monoisotopic (exact) mass is 447 g/mol. The highest BCUT2D eigenvalue weighted by molar-refractivity contribution is 6.32. The molecule has 1 amide bonds. The molecule has 31 heavy (non-hydrogen) atoms. The number of nitrogens with one attached hydrogen (secondary N) is 1. The number of carbonyl (C=O) groups is 1. The molecule has 2 heterocycles. The van der Waals surface area contributed by atoms with Crippen LogP contribution in [0.25, 0.3) is 11.3 Å². The number of aromatic nitrogens is 2. The molecular weight excluding hydrogens is 414 g/mol. The predicted molar refractivity (Wildman–Crippen MR) is 125 cm³/mol. The van der Waals surface area contributed by atoms with E-state index in [-0.39, 0.29) is 6.61 Å². The standard InChI is InChI=1S/C24H34ClN3O3/c1-15(2)12-24(8,28-22(29)31-23(5,6)7)14-30-21-13-27-20(11-19(21)25)18-9-10-26-17(4)16(18)3/h9-11,13,15H,12,14H2,1-8H3,(H,28,29). The molecule has 2 rings (SSSR count). The van der Waals surface area contributed by atoms with Gasteiger partial charge in [-0.15, -0.1) is 0 Å². The van der Waals surface area contributed by atoms with E-state index in [1.54, 1.807) is 18.5 Å². The van der Waals surface area contributed by atoms with Gasteiger partial charge in [0.15, 0.2) is 5.75 Å². The molecule has 0 fully saturated rings. The number of halogens is 1. The Morgan fingerprint density at radius 2 is 1.87 bits per heavy atom. The topological polar surface area (TPSA) is 73.3 Å². The third-order valence-corrected chi connectivity index (χ3v) is 5.05. The van der Waals surface area contributed by atoms with Crippen molar-refractivity contribution in [1.29, 1.82) is 0 Å². The van der Waals surface area contributed by atoms with Gasteiger partial charge in [-0.3, -0.25) is 9.97 Å². The van der Waals surface area contributed by atoms with Crippen molar-refractivity contribution in [3.05, 3.63) is 40.8 Å². The SMILES string of the molecule is Cc1nccc(-c2cc(Cl)c(OCC(C)(CC(C)C)NC(=O)OC(C)(C)C)cn2)c1C. The summed E-state index contributed by atoms with van der Waals surface area (Å²) in [6.07, 6.45) is 3.63. The number of pyridine rings is 2. The Morgan fingerprint density at radius 3 is 2.45 bits per heavy atom. The minimum Gasteiger partial charge on any atom is -0.488 e. The zero-order chi connectivity index (χ0) is 23.4. The van der Waals surface area contributed by atoms with Gasteiger partial charge in [0.2, 0.25) is 0 Å². The summed E-state index contributed by atoms with van der Waals surface area (Å²) in [5.41, 5.74) is 2.56. The van der Waals surface area contributed by atoms with Crippen LogP contribution in [-0.2, 0) is 4.74 Å². The highest BCUT2D eigenvalue weighted by Gasteiger charge is 2.31. The quantitative estimate of drug-likeness (QED) is 0.553. The van der Waals surface area contributed by atoms with Crippen LogP contribution in [0.1, 0.15) is 59.2 Å². The Bertz CT molecular complexity index is 925. The molecule has 0 saturated carbocycles. The summed E-state index contributed by atoms with van der Waals surface area (Å²) >= 11 is 6.51. The predicted octanol–water partition coefficient (Wildman–Crippen LogP) is 6.12. The summed E-state index contributed by atoms with van der Waals surface area (Å²) in [5, 5.41) is 3.43. The Labute approximate surface area is 190 Å². The van der Waals surface area contributed by atoms with Gasteiger partial charge in [0.1, 0.15) is 12.2 Å². The van der Waals surface area contributed by atoms with Crippen LogP contribution in [0.2, 0.25) is 5.02 Å². The molecular formula is C24H34ClN3O3. The maximum absolute atomic E-state index is 12.4. The average molecular weight is 448 g/mol. The van der Waals surface area contributed by atoms with E-state index in [0.717, 1.165) is 22.5 Å². The minimum atomic E-state index is -0.628. The van der Waals surface area contributed by atoms with Crippen molar-refractivity contribution in [2.45, 2.75) is 73.0 Å². The van der Waals surface area contributed by atoms with E-state index >= 15 is 0 Å². The molecule has 1 N–H and O–H groups in total. The van der Waals surface area contributed by atoms with Crippen molar-refractivity contribution in [3.63, 3.8) is 0 Å². The lowest BCUT2D eigenvalue weighted by molar-refractivity contribution is 0.0408. The molecule has 0 aromatic carbocycles. The van der Waals surface area contributed by atoms with Crippen molar-refractivity contribution in [1.82, 2.24) is 15.3 Å². The van der Waals surface area contributed by atoms with E-state index in [4.69, 9.17) is 21.1 Å². The molecule has 1 atom stereocenters. The smallest absolute Gasteiger partial charge is 0.408 e. The molecule has 2 aromatic rings. The maximum Gasteiger partial charge on any atom is 0.408 e. The van der Waals surface area contributed by atoms with Crippen molar-refractivity contribution in [3.8, 4) is 17.0 Å². The third-order valence-electron chi connectivity index (χ3n) is 4.76. The average Bonchev–Trinajstić information content (AvgIpc) is 2.60. The highest BCUT2D eigenvalue weighted by atomic mass is 35.5. The molecule has 7 heteroatoms. The van der Waals surface area contributed by atoms with Crippen LogP contribution in [0.3, 0.4) is 0 Å². The number of rotatable bonds is 7. The number of nitrogens with zero attached hydrogens (tertiary/aromatic N) is 2. The second-order valence-electron chi connectivity index (χ2n) is 9.64. The van der Waals surface area contributed by atoms with E-state index in [1.807, 2.05) is 47.6 Å². The van der Waals surface area contributed by atoms with Gasteiger partial charge in [-0.25, -0.2) is 4.79 Å². The second-order valence-corrected chi connectivity index (χ2v) is 10.1. The van der Waals surface area contributed by atoms with Crippen molar-refractivity contribution < 1.29 is 14.3 Å². The lowest BCUT2D eigenvalue weighted by Gasteiger charge is -2.33. The van der Waals surface area contributed by atoms with Gasteiger partial charge >= 0.3 is 6.09 Å². The molecule has 0 aliphatic carbocycles. The van der Waals surface area contributed by atoms with Gasteiger partial charge in [0, 0.05) is 17.5 Å². The molecule has 0 spiro atoms. The summed E-state index contributed by atoms with van der Waals surface area (Å²) in [5.74, 6) is 0.812. The first-order valence-corrected chi connectivity index (χ1v) is 10.9. The summed E-state index contributed by atoms with van der Waals surface area (Å²) in [6.45, 7) is 15.8. The highest BCUT2D eigenvalue weighted by Crippen LogP contribution is 2.31. The van der Waals surface area contributed by atoms with Gasteiger partial charge in [-0.1, -0.05) is 25.4 Å². The van der Waals surface area contributed by atoms with E-state index < -0.39 is 17.2 Å². The molecule has 1 unspecified atom stereocenters. The molecule has 0 bridgehead atoms. The van der Waals surface area contributed by atoms with Crippen LogP contribution in [0.15, 0.2) is 24.5 Å². The van der Waals surface area contributed by atoms with Gasteiger partial charge < -0.3 is 14.8 Å². The first-order chi connectivity index (χ1) is 14.3. The van der Waals surface area contributed by atoms with Crippen molar-refractivity contribution in [2.24, 2.45) is 5.92 Å². The van der Waals surface area contributed by atoms with E-state index in [9.17, 15) is 4.79 Å². The van der Waals surface area contributed by atoms with Crippen LogP contribution < -0.4 is 10.1 Å². The van der Waals surface area contributed by atoms with Crippen LogP contribution in [0.5, 0.6) is 5.75 Å².